The molecule has 2 heterocycles. The van der Waals surface area contributed by atoms with Gasteiger partial charge in [-0.15, -0.1) is 0 Å². The lowest BCUT2D eigenvalue weighted by atomic mass is 10.2. The molecule has 0 bridgehead atoms. The average molecular weight is 296 g/mol. The first kappa shape index (κ1) is 12.4. The van der Waals surface area contributed by atoms with Gasteiger partial charge in [-0.25, -0.2) is 0 Å². The number of rotatable bonds is 1. The lowest BCUT2D eigenvalue weighted by Crippen LogP contribution is -2.42. The molecule has 1 aromatic heterocycles. The van der Waals surface area contributed by atoms with Crippen molar-refractivity contribution >= 4 is 34.9 Å². The zero-order valence-electron chi connectivity index (χ0n) is 10.0. The molecule has 1 aliphatic heterocycles. The number of amides is 1. The molecule has 0 aliphatic carbocycles. The van der Waals surface area contributed by atoms with Crippen molar-refractivity contribution in [2.24, 2.45) is 0 Å². The van der Waals surface area contributed by atoms with E-state index in [9.17, 15) is 4.79 Å². The van der Waals surface area contributed by atoms with E-state index in [1.54, 1.807) is 17.0 Å². The van der Waals surface area contributed by atoms with Gasteiger partial charge in [-0.1, -0.05) is 17.7 Å². The van der Waals surface area contributed by atoms with Gasteiger partial charge in [0.05, 0.1) is 35.2 Å². The van der Waals surface area contributed by atoms with Crippen LogP contribution in [0.1, 0.15) is 17.4 Å². The molecule has 7 heteroatoms. The van der Waals surface area contributed by atoms with Gasteiger partial charge in [0.1, 0.15) is 6.10 Å². The third-order valence-electron chi connectivity index (χ3n) is 2.82. The van der Waals surface area contributed by atoms with E-state index in [0.717, 1.165) is 11.7 Å². The largest absolute Gasteiger partial charge is 0.485 e. The van der Waals surface area contributed by atoms with Gasteiger partial charge in [0.25, 0.3) is 5.91 Å². The highest BCUT2D eigenvalue weighted by atomic mass is 35.5. The van der Waals surface area contributed by atoms with Crippen LogP contribution in [0.4, 0.5) is 5.69 Å². The summed E-state index contributed by atoms with van der Waals surface area (Å²) in [4.78, 5) is 14.0. The molecule has 3 rings (SSSR count). The first-order valence-electron chi connectivity index (χ1n) is 5.71. The number of aromatic nitrogens is 2. The molecule has 0 N–H and O–H groups in total. The number of fused-ring (bicyclic) bond motifs is 1. The average Bonchev–Trinajstić information content (AvgIpc) is 2.92. The maximum atomic E-state index is 12.4. The summed E-state index contributed by atoms with van der Waals surface area (Å²) in [5.41, 5.74) is 1.01. The third kappa shape index (κ3) is 2.17. The molecule has 0 saturated carbocycles. The highest BCUT2D eigenvalue weighted by Gasteiger charge is 2.30. The van der Waals surface area contributed by atoms with E-state index in [-0.39, 0.29) is 12.0 Å². The van der Waals surface area contributed by atoms with E-state index in [1.807, 2.05) is 13.0 Å². The van der Waals surface area contributed by atoms with E-state index in [1.165, 1.54) is 6.20 Å². The minimum absolute atomic E-state index is 0.122. The van der Waals surface area contributed by atoms with Crippen LogP contribution in [0.5, 0.6) is 5.75 Å². The molecule has 1 atom stereocenters. The summed E-state index contributed by atoms with van der Waals surface area (Å²) >= 11 is 7.13. The fourth-order valence-corrected chi connectivity index (χ4v) is 2.63. The molecule has 1 aromatic carbocycles. The van der Waals surface area contributed by atoms with Crippen molar-refractivity contribution < 1.29 is 9.53 Å². The van der Waals surface area contributed by atoms with Crippen LogP contribution >= 0.6 is 23.3 Å². The number of nitrogens with zero attached hydrogens (tertiary/aromatic N) is 3. The van der Waals surface area contributed by atoms with Crippen LogP contribution in [0.2, 0.25) is 5.02 Å². The van der Waals surface area contributed by atoms with Gasteiger partial charge < -0.3 is 4.74 Å². The summed E-state index contributed by atoms with van der Waals surface area (Å²) in [5, 5.41) is 0.498. The summed E-state index contributed by atoms with van der Waals surface area (Å²) in [5.74, 6) is 0.354. The van der Waals surface area contributed by atoms with Crippen LogP contribution in [0.15, 0.2) is 24.4 Å². The molecule has 0 saturated heterocycles. The summed E-state index contributed by atoms with van der Waals surface area (Å²) in [6.45, 7) is 2.36. The number of ether oxygens (including phenoxy) is 1. The molecule has 0 fully saturated rings. The molecule has 1 aliphatic rings. The maximum Gasteiger partial charge on any atom is 0.279 e. The second-order valence-electron chi connectivity index (χ2n) is 4.22. The zero-order valence-corrected chi connectivity index (χ0v) is 11.6. The summed E-state index contributed by atoms with van der Waals surface area (Å²) in [6.07, 6.45) is 1.35. The lowest BCUT2D eigenvalue weighted by molar-refractivity contribution is 0.0957. The number of hydrogen-bond acceptors (Lipinski definition) is 5. The monoisotopic (exact) mass is 295 g/mol. The topological polar surface area (TPSA) is 55.3 Å². The van der Waals surface area contributed by atoms with Gasteiger partial charge in [-0.05, 0) is 19.1 Å². The van der Waals surface area contributed by atoms with Crippen LogP contribution in [-0.4, -0.2) is 27.3 Å². The van der Waals surface area contributed by atoms with Crippen LogP contribution in [0.3, 0.4) is 0 Å². The van der Waals surface area contributed by atoms with E-state index in [2.05, 4.69) is 8.75 Å². The van der Waals surface area contributed by atoms with Gasteiger partial charge in [-0.3, -0.25) is 9.69 Å². The van der Waals surface area contributed by atoms with Gasteiger partial charge in [-0.2, -0.15) is 8.75 Å². The van der Waals surface area contributed by atoms with Gasteiger partial charge in [0.2, 0.25) is 0 Å². The Hall–Kier alpha value is -1.66. The normalized spacial score (nSPS) is 17.8. The Morgan fingerprint density at radius 3 is 3.16 bits per heavy atom. The molecule has 5 nitrogen and oxygen atoms in total. The fraction of sp³-hybridized carbons (Fsp3) is 0.250. The number of halogens is 1. The van der Waals surface area contributed by atoms with Gasteiger partial charge >= 0.3 is 0 Å². The number of hydrogen-bond donors (Lipinski definition) is 0. The van der Waals surface area contributed by atoms with E-state index in [4.69, 9.17) is 16.3 Å². The molecule has 2 aromatic rings. The highest BCUT2D eigenvalue weighted by molar-refractivity contribution is 6.99. The standard InChI is InChI=1S/C12H10ClN3O2S/c1-7-6-16(12(17)9-5-14-19-15-9)10-4-2-3-8(13)11(10)18-7/h2-5,7H,6H2,1H3/t7-/m0/s1. The molecule has 19 heavy (non-hydrogen) atoms. The highest BCUT2D eigenvalue weighted by Crippen LogP contribution is 2.39. The van der Waals surface area contributed by atoms with Crippen molar-refractivity contribution in [3.63, 3.8) is 0 Å². The van der Waals surface area contributed by atoms with Crippen molar-refractivity contribution in [2.75, 3.05) is 11.4 Å². The van der Waals surface area contributed by atoms with Crippen molar-refractivity contribution in [3.8, 4) is 5.75 Å². The number of carbonyl (C=O) groups is 1. The Balaban J connectivity index is 2.04. The summed E-state index contributed by atoms with van der Waals surface area (Å²) in [7, 11) is 0. The molecular formula is C12H10ClN3O2S. The summed E-state index contributed by atoms with van der Waals surface area (Å²) in [6, 6.07) is 5.34. The van der Waals surface area contributed by atoms with Gasteiger partial charge in [0.15, 0.2) is 11.4 Å². The van der Waals surface area contributed by atoms with E-state index >= 15 is 0 Å². The van der Waals surface area contributed by atoms with Gasteiger partial charge in [0, 0.05) is 0 Å². The molecule has 98 valence electrons. The Morgan fingerprint density at radius 2 is 2.42 bits per heavy atom. The Morgan fingerprint density at radius 1 is 1.58 bits per heavy atom. The molecule has 1 amide bonds. The Bertz CT molecular complexity index is 617. The first-order valence-corrected chi connectivity index (χ1v) is 6.82. The number of anilines is 1. The predicted molar refractivity (Wildman–Crippen MR) is 73.1 cm³/mol. The van der Waals surface area contributed by atoms with Crippen LogP contribution in [0, 0.1) is 0 Å². The van der Waals surface area contributed by atoms with Crippen LogP contribution < -0.4 is 9.64 Å². The Kier molecular flexibility index (Phi) is 3.12. The zero-order chi connectivity index (χ0) is 13.4. The van der Waals surface area contributed by atoms with Crippen molar-refractivity contribution in [1.29, 1.82) is 0 Å². The Labute approximate surface area is 119 Å². The molecule has 0 unspecified atom stereocenters. The van der Waals surface area contributed by atoms with Crippen molar-refractivity contribution in [1.82, 2.24) is 8.75 Å². The first-order chi connectivity index (χ1) is 9.16. The maximum absolute atomic E-state index is 12.4. The van der Waals surface area contributed by atoms with Crippen molar-refractivity contribution in [2.45, 2.75) is 13.0 Å². The minimum atomic E-state index is -0.188. The summed E-state index contributed by atoms with van der Waals surface area (Å²) < 4.78 is 13.5. The van der Waals surface area contributed by atoms with E-state index < -0.39 is 0 Å². The molecule has 0 spiro atoms. The SMILES string of the molecule is C[C@H]1CN(C(=O)c2cnsn2)c2cccc(Cl)c2O1. The molecule has 0 radical (unpaired) electrons. The quantitative estimate of drug-likeness (QED) is 0.811. The second-order valence-corrected chi connectivity index (χ2v) is 5.19. The van der Waals surface area contributed by atoms with Crippen molar-refractivity contribution in [3.05, 3.63) is 35.1 Å². The smallest absolute Gasteiger partial charge is 0.279 e. The molecular weight excluding hydrogens is 286 g/mol. The van der Waals surface area contributed by atoms with E-state index in [0.29, 0.717) is 28.7 Å². The number of para-hydroxylation sites is 1. The minimum Gasteiger partial charge on any atom is -0.485 e. The lowest BCUT2D eigenvalue weighted by Gasteiger charge is -2.33. The number of carbonyl (C=O) groups excluding carboxylic acids is 1. The third-order valence-corrected chi connectivity index (χ3v) is 3.60. The van der Waals surface area contributed by atoms with Crippen LogP contribution in [-0.2, 0) is 0 Å². The number of benzene rings is 1. The predicted octanol–water partition coefficient (Wildman–Crippen LogP) is 2.62. The second kappa shape index (κ2) is 4.79. The fourth-order valence-electron chi connectivity index (χ4n) is 2.01. The van der Waals surface area contributed by atoms with Crippen LogP contribution in [0.25, 0.3) is 0 Å².